The van der Waals surface area contributed by atoms with Gasteiger partial charge >= 0.3 is 5.97 Å². The van der Waals surface area contributed by atoms with E-state index in [4.69, 9.17) is 4.42 Å². The molecule has 0 bridgehead atoms. The fourth-order valence-corrected chi connectivity index (χ4v) is 2.81. The SMILES string of the molecule is CC(C)CC(C)(SCc1ccco1)C(=O)O. The Morgan fingerprint density at radius 3 is 2.75 bits per heavy atom. The van der Waals surface area contributed by atoms with Crippen LogP contribution >= 0.6 is 11.8 Å². The summed E-state index contributed by atoms with van der Waals surface area (Å²) in [6.45, 7) is 5.85. The molecule has 0 amide bonds. The Morgan fingerprint density at radius 2 is 2.31 bits per heavy atom. The highest BCUT2D eigenvalue weighted by Gasteiger charge is 2.34. The number of carboxylic acid groups (broad SMARTS) is 1. The molecule has 0 aromatic carbocycles. The first kappa shape index (κ1) is 13.2. The number of carboxylic acids is 1. The number of hydrogen-bond acceptors (Lipinski definition) is 3. The van der Waals surface area contributed by atoms with Gasteiger partial charge in [0.15, 0.2) is 0 Å². The van der Waals surface area contributed by atoms with E-state index in [0.29, 0.717) is 18.1 Å². The Balaban J connectivity index is 2.61. The zero-order chi connectivity index (χ0) is 12.2. The van der Waals surface area contributed by atoms with Crippen molar-refractivity contribution in [1.29, 1.82) is 0 Å². The molecule has 1 N–H and O–H groups in total. The summed E-state index contributed by atoms with van der Waals surface area (Å²) in [6.07, 6.45) is 2.27. The molecular weight excluding hydrogens is 224 g/mol. The minimum Gasteiger partial charge on any atom is -0.480 e. The molecule has 90 valence electrons. The van der Waals surface area contributed by atoms with Crippen LogP contribution in [-0.4, -0.2) is 15.8 Å². The Bertz CT molecular complexity index is 332. The highest BCUT2D eigenvalue weighted by atomic mass is 32.2. The number of carbonyl (C=O) groups is 1. The van der Waals surface area contributed by atoms with Gasteiger partial charge in [0, 0.05) is 0 Å². The lowest BCUT2D eigenvalue weighted by molar-refractivity contribution is -0.139. The second-order valence-corrected chi connectivity index (χ2v) is 5.98. The summed E-state index contributed by atoms with van der Waals surface area (Å²) in [5.41, 5.74) is 0. The Kier molecular flexibility index (Phi) is 4.47. The predicted octanol–water partition coefficient (Wildman–Crippen LogP) is 3.40. The summed E-state index contributed by atoms with van der Waals surface area (Å²) in [4.78, 5) is 11.3. The molecule has 0 saturated carbocycles. The highest BCUT2D eigenvalue weighted by Crippen LogP contribution is 2.34. The summed E-state index contributed by atoms with van der Waals surface area (Å²) >= 11 is 1.42. The van der Waals surface area contributed by atoms with E-state index >= 15 is 0 Å². The lowest BCUT2D eigenvalue weighted by Crippen LogP contribution is -2.33. The van der Waals surface area contributed by atoms with E-state index in [1.807, 2.05) is 26.0 Å². The summed E-state index contributed by atoms with van der Waals surface area (Å²) in [6, 6.07) is 3.68. The van der Waals surface area contributed by atoms with Crippen molar-refractivity contribution in [1.82, 2.24) is 0 Å². The van der Waals surface area contributed by atoms with Crippen LogP contribution < -0.4 is 0 Å². The molecule has 1 rings (SSSR count). The van der Waals surface area contributed by atoms with E-state index < -0.39 is 10.7 Å². The molecule has 0 aliphatic carbocycles. The number of hydrogen-bond donors (Lipinski definition) is 1. The average molecular weight is 242 g/mol. The average Bonchev–Trinajstić information content (AvgIpc) is 2.65. The molecule has 0 aliphatic heterocycles. The Labute approximate surface area is 100 Å². The smallest absolute Gasteiger partial charge is 0.319 e. The van der Waals surface area contributed by atoms with Crippen LogP contribution in [0.2, 0.25) is 0 Å². The largest absolute Gasteiger partial charge is 0.480 e. The van der Waals surface area contributed by atoms with Crippen LogP contribution in [0.25, 0.3) is 0 Å². The molecular formula is C12H18O3S. The van der Waals surface area contributed by atoms with Gasteiger partial charge in [0.2, 0.25) is 0 Å². The monoisotopic (exact) mass is 242 g/mol. The highest BCUT2D eigenvalue weighted by molar-refractivity contribution is 8.00. The molecule has 3 nitrogen and oxygen atoms in total. The first-order valence-corrected chi connectivity index (χ1v) is 6.32. The first-order valence-electron chi connectivity index (χ1n) is 5.34. The van der Waals surface area contributed by atoms with Gasteiger partial charge in [-0.3, -0.25) is 4.79 Å². The molecule has 1 unspecified atom stereocenters. The third-order valence-electron chi connectivity index (χ3n) is 2.36. The van der Waals surface area contributed by atoms with Crippen LogP contribution in [0.3, 0.4) is 0 Å². The normalized spacial score (nSPS) is 15.0. The second-order valence-electron chi connectivity index (χ2n) is 4.50. The van der Waals surface area contributed by atoms with Crippen molar-refractivity contribution in [3.05, 3.63) is 24.2 Å². The minimum atomic E-state index is -0.752. The predicted molar refractivity (Wildman–Crippen MR) is 65.5 cm³/mol. The van der Waals surface area contributed by atoms with Crippen molar-refractivity contribution in [2.24, 2.45) is 5.92 Å². The van der Waals surface area contributed by atoms with Crippen molar-refractivity contribution >= 4 is 17.7 Å². The molecule has 0 aliphatic rings. The lowest BCUT2D eigenvalue weighted by atomic mass is 9.98. The van der Waals surface area contributed by atoms with Crippen molar-refractivity contribution in [2.75, 3.05) is 0 Å². The standard InChI is InChI=1S/C12H18O3S/c1-9(2)7-12(3,11(13)14)16-8-10-5-4-6-15-10/h4-6,9H,7-8H2,1-3H3,(H,13,14). The molecule has 16 heavy (non-hydrogen) atoms. The fraction of sp³-hybridized carbons (Fsp3) is 0.583. The maximum atomic E-state index is 11.3. The molecule has 1 atom stereocenters. The van der Waals surface area contributed by atoms with E-state index in [-0.39, 0.29) is 0 Å². The summed E-state index contributed by atoms with van der Waals surface area (Å²) in [5, 5.41) is 9.26. The van der Waals surface area contributed by atoms with Crippen molar-refractivity contribution in [2.45, 2.75) is 37.7 Å². The zero-order valence-electron chi connectivity index (χ0n) is 9.90. The molecule has 0 saturated heterocycles. The van der Waals surface area contributed by atoms with Crippen molar-refractivity contribution in [3.8, 4) is 0 Å². The summed E-state index contributed by atoms with van der Waals surface area (Å²) < 4.78 is 4.46. The van der Waals surface area contributed by atoms with E-state index in [1.54, 1.807) is 13.2 Å². The van der Waals surface area contributed by atoms with Gasteiger partial charge in [-0.1, -0.05) is 13.8 Å². The van der Waals surface area contributed by atoms with Crippen LogP contribution in [0.1, 0.15) is 33.0 Å². The number of aliphatic carboxylic acids is 1. The van der Waals surface area contributed by atoms with Crippen LogP contribution in [0, 0.1) is 5.92 Å². The zero-order valence-corrected chi connectivity index (χ0v) is 10.7. The maximum Gasteiger partial charge on any atom is 0.319 e. The van der Waals surface area contributed by atoms with Gasteiger partial charge < -0.3 is 9.52 Å². The van der Waals surface area contributed by atoms with Crippen LogP contribution in [0.5, 0.6) is 0 Å². The van der Waals surface area contributed by atoms with Crippen molar-refractivity contribution in [3.63, 3.8) is 0 Å². The van der Waals surface area contributed by atoms with Gasteiger partial charge in [0.05, 0.1) is 12.0 Å². The van der Waals surface area contributed by atoms with Crippen LogP contribution in [0.4, 0.5) is 0 Å². The lowest BCUT2D eigenvalue weighted by Gasteiger charge is -2.25. The topological polar surface area (TPSA) is 50.4 Å². The Morgan fingerprint density at radius 1 is 1.62 bits per heavy atom. The third-order valence-corrected chi connectivity index (χ3v) is 3.77. The molecule has 1 aromatic heterocycles. The quantitative estimate of drug-likeness (QED) is 0.830. The summed E-state index contributed by atoms with van der Waals surface area (Å²) in [5.74, 6) is 1.03. The van der Waals surface area contributed by atoms with Gasteiger partial charge in [0.25, 0.3) is 0 Å². The van der Waals surface area contributed by atoms with Gasteiger partial charge in [-0.05, 0) is 31.4 Å². The third kappa shape index (κ3) is 3.59. The van der Waals surface area contributed by atoms with Gasteiger partial charge in [-0.15, -0.1) is 11.8 Å². The molecule has 1 heterocycles. The van der Waals surface area contributed by atoms with E-state index in [1.165, 1.54) is 11.8 Å². The maximum absolute atomic E-state index is 11.3. The molecule has 0 fully saturated rings. The summed E-state index contributed by atoms with van der Waals surface area (Å²) in [7, 11) is 0. The molecule has 1 aromatic rings. The van der Waals surface area contributed by atoms with Gasteiger partial charge in [-0.2, -0.15) is 0 Å². The fourth-order valence-electron chi connectivity index (χ4n) is 1.61. The second kappa shape index (κ2) is 5.43. The number of rotatable bonds is 6. The van der Waals surface area contributed by atoms with E-state index in [0.717, 1.165) is 5.76 Å². The van der Waals surface area contributed by atoms with Crippen molar-refractivity contribution < 1.29 is 14.3 Å². The van der Waals surface area contributed by atoms with Gasteiger partial charge in [-0.25, -0.2) is 0 Å². The molecule has 0 spiro atoms. The first-order chi connectivity index (χ1) is 7.44. The van der Waals surface area contributed by atoms with Crippen LogP contribution in [0.15, 0.2) is 22.8 Å². The van der Waals surface area contributed by atoms with Gasteiger partial charge in [0.1, 0.15) is 10.5 Å². The number of furan rings is 1. The van der Waals surface area contributed by atoms with E-state index in [9.17, 15) is 9.90 Å². The molecule has 4 heteroatoms. The number of thioether (sulfide) groups is 1. The minimum absolute atomic E-state index is 0.366. The molecule has 0 radical (unpaired) electrons. The Hall–Kier alpha value is -0.900. The van der Waals surface area contributed by atoms with Crippen LogP contribution in [-0.2, 0) is 10.5 Å². The van der Waals surface area contributed by atoms with E-state index in [2.05, 4.69) is 0 Å².